The molecule has 0 spiro atoms. The van der Waals surface area contributed by atoms with Crippen molar-refractivity contribution in [3.05, 3.63) is 29.6 Å². The van der Waals surface area contributed by atoms with Crippen molar-refractivity contribution < 1.29 is 18.7 Å². The fourth-order valence-electron chi connectivity index (χ4n) is 1.09. The summed E-state index contributed by atoms with van der Waals surface area (Å²) in [5.41, 5.74) is 0.231. The highest BCUT2D eigenvalue weighted by Gasteiger charge is 2.09. The number of halogens is 1. The molecule has 0 heterocycles. The van der Waals surface area contributed by atoms with Crippen molar-refractivity contribution >= 4 is 5.78 Å². The van der Waals surface area contributed by atoms with Gasteiger partial charge in [0.15, 0.2) is 12.6 Å². The van der Waals surface area contributed by atoms with Gasteiger partial charge in [-0.1, -0.05) is 0 Å². The molecular weight excluding hydrogens is 199 g/mol. The van der Waals surface area contributed by atoms with Gasteiger partial charge in [-0.05, 0) is 32.0 Å². The zero-order chi connectivity index (χ0) is 11.3. The van der Waals surface area contributed by atoms with Crippen LogP contribution in [0.5, 0.6) is 5.75 Å². The first-order chi connectivity index (χ1) is 7.15. The smallest absolute Gasteiger partial charge is 0.189 e. The summed E-state index contributed by atoms with van der Waals surface area (Å²) >= 11 is 0. The van der Waals surface area contributed by atoms with Crippen molar-refractivity contribution in [1.29, 1.82) is 0 Å². The molecule has 0 aromatic heterocycles. The summed E-state index contributed by atoms with van der Waals surface area (Å²) in [6, 6.07) is 3.82. The Balaban J connectivity index is 2.81. The van der Waals surface area contributed by atoms with Gasteiger partial charge in [0, 0.05) is 6.61 Å². The number of rotatable bonds is 5. The Hall–Kier alpha value is -1.42. The van der Waals surface area contributed by atoms with Gasteiger partial charge < -0.3 is 9.47 Å². The summed E-state index contributed by atoms with van der Waals surface area (Å²) in [4.78, 5) is 11.2. The van der Waals surface area contributed by atoms with Gasteiger partial charge in [0.1, 0.15) is 11.6 Å². The molecule has 0 aliphatic rings. The fourth-order valence-corrected chi connectivity index (χ4v) is 1.09. The van der Waals surface area contributed by atoms with Gasteiger partial charge in [-0.3, -0.25) is 4.79 Å². The third-order valence-corrected chi connectivity index (χ3v) is 1.82. The lowest BCUT2D eigenvalue weighted by atomic mass is 10.1. The van der Waals surface area contributed by atoms with E-state index in [0.29, 0.717) is 12.4 Å². The predicted molar refractivity (Wildman–Crippen MR) is 53.5 cm³/mol. The van der Waals surface area contributed by atoms with E-state index in [1.54, 1.807) is 0 Å². The third-order valence-electron chi connectivity index (χ3n) is 1.82. The Morgan fingerprint density at radius 2 is 2.20 bits per heavy atom. The van der Waals surface area contributed by atoms with E-state index in [9.17, 15) is 9.18 Å². The van der Waals surface area contributed by atoms with Crippen LogP contribution < -0.4 is 4.74 Å². The average Bonchev–Trinajstić information content (AvgIpc) is 2.20. The topological polar surface area (TPSA) is 35.5 Å². The number of carbonyl (C=O) groups is 1. The van der Waals surface area contributed by atoms with Crippen molar-refractivity contribution in [3.63, 3.8) is 0 Å². The van der Waals surface area contributed by atoms with Gasteiger partial charge in [0.05, 0.1) is 5.56 Å². The maximum atomic E-state index is 12.9. The van der Waals surface area contributed by atoms with Crippen molar-refractivity contribution in [2.45, 2.75) is 13.8 Å². The molecule has 1 aromatic carbocycles. The molecule has 0 N–H and O–H groups in total. The normalized spacial score (nSPS) is 10.1. The Kier molecular flexibility index (Phi) is 4.24. The minimum absolute atomic E-state index is 0.0579. The molecule has 3 nitrogen and oxygen atoms in total. The van der Waals surface area contributed by atoms with Crippen LogP contribution in [0.3, 0.4) is 0 Å². The monoisotopic (exact) mass is 212 g/mol. The molecule has 82 valence electrons. The third kappa shape index (κ3) is 3.32. The number of benzene rings is 1. The Labute approximate surface area is 87.8 Å². The number of Topliss-reactive ketones (excluding diaryl/α,β-unsaturated/α-hetero) is 1. The van der Waals surface area contributed by atoms with E-state index < -0.39 is 5.82 Å². The predicted octanol–water partition coefficient (Wildman–Crippen LogP) is 2.40. The molecular formula is C11H13FO3. The second-order valence-corrected chi connectivity index (χ2v) is 2.95. The molecule has 1 aromatic rings. The second-order valence-electron chi connectivity index (χ2n) is 2.95. The number of carbonyl (C=O) groups excluding carboxylic acids is 1. The van der Waals surface area contributed by atoms with E-state index in [-0.39, 0.29) is 18.1 Å². The summed E-state index contributed by atoms with van der Waals surface area (Å²) in [5.74, 6) is -0.345. The van der Waals surface area contributed by atoms with E-state index in [1.165, 1.54) is 19.1 Å². The van der Waals surface area contributed by atoms with Gasteiger partial charge in [-0.2, -0.15) is 0 Å². The molecule has 0 aliphatic heterocycles. The summed E-state index contributed by atoms with van der Waals surface area (Å²) in [7, 11) is 0. The largest absolute Gasteiger partial charge is 0.467 e. The summed E-state index contributed by atoms with van der Waals surface area (Å²) in [5, 5.41) is 0. The van der Waals surface area contributed by atoms with Gasteiger partial charge >= 0.3 is 0 Å². The number of hydrogen-bond acceptors (Lipinski definition) is 3. The quantitative estimate of drug-likeness (QED) is 0.427. The molecule has 0 atom stereocenters. The van der Waals surface area contributed by atoms with Crippen molar-refractivity contribution in [2.75, 3.05) is 13.4 Å². The molecule has 0 bridgehead atoms. The molecule has 0 amide bonds. The standard InChI is InChI=1S/C11H13FO3/c1-3-14-7-15-11-5-4-9(12)6-10(11)8(2)13/h4-6H,3,7H2,1-2H3. The van der Waals surface area contributed by atoms with Crippen LogP contribution in [-0.2, 0) is 4.74 Å². The van der Waals surface area contributed by atoms with Crippen molar-refractivity contribution in [2.24, 2.45) is 0 Å². The second kappa shape index (κ2) is 5.46. The molecule has 0 unspecified atom stereocenters. The van der Waals surface area contributed by atoms with Gasteiger partial charge in [0.25, 0.3) is 0 Å². The van der Waals surface area contributed by atoms with Gasteiger partial charge in [-0.25, -0.2) is 4.39 Å². The Bertz CT molecular complexity index is 350. The van der Waals surface area contributed by atoms with Crippen LogP contribution in [0.1, 0.15) is 24.2 Å². The van der Waals surface area contributed by atoms with Gasteiger partial charge in [0.2, 0.25) is 0 Å². The Morgan fingerprint density at radius 1 is 1.47 bits per heavy atom. The molecule has 4 heteroatoms. The van der Waals surface area contributed by atoms with E-state index in [4.69, 9.17) is 9.47 Å². The minimum Gasteiger partial charge on any atom is -0.467 e. The van der Waals surface area contributed by atoms with Crippen LogP contribution in [0, 0.1) is 5.82 Å². The van der Waals surface area contributed by atoms with Gasteiger partial charge in [-0.15, -0.1) is 0 Å². The first-order valence-electron chi connectivity index (χ1n) is 4.66. The Morgan fingerprint density at radius 3 is 2.80 bits per heavy atom. The fraction of sp³-hybridized carbons (Fsp3) is 0.364. The number of ether oxygens (including phenoxy) is 2. The molecule has 0 saturated heterocycles. The molecule has 0 aliphatic carbocycles. The van der Waals surface area contributed by atoms with E-state index in [1.807, 2.05) is 6.92 Å². The lowest BCUT2D eigenvalue weighted by Gasteiger charge is -2.09. The van der Waals surface area contributed by atoms with Crippen LogP contribution in [0.15, 0.2) is 18.2 Å². The molecule has 1 rings (SSSR count). The lowest BCUT2D eigenvalue weighted by Crippen LogP contribution is -2.06. The molecule has 0 fully saturated rings. The first kappa shape index (κ1) is 11.7. The maximum absolute atomic E-state index is 12.9. The van der Waals surface area contributed by atoms with E-state index in [0.717, 1.165) is 6.07 Å². The van der Waals surface area contributed by atoms with Crippen LogP contribution in [-0.4, -0.2) is 19.2 Å². The van der Waals surface area contributed by atoms with E-state index >= 15 is 0 Å². The summed E-state index contributed by atoms with van der Waals surface area (Å²) in [6.45, 7) is 3.78. The highest BCUT2D eigenvalue weighted by atomic mass is 19.1. The highest BCUT2D eigenvalue weighted by Crippen LogP contribution is 2.20. The van der Waals surface area contributed by atoms with Crippen LogP contribution in [0.4, 0.5) is 4.39 Å². The van der Waals surface area contributed by atoms with Crippen molar-refractivity contribution in [3.8, 4) is 5.75 Å². The molecule has 0 radical (unpaired) electrons. The average molecular weight is 212 g/mol. The molecule has 15 heavy (non-hydrogen) atoms. The summed E-state index contributed by atoms with van der Waals surface area (Å²) < 4.78 is 23.0. The summed E-state index contributed by atoms with van der Waals surface area (Å²) in [6.07, 6.45) is 0. The van der Waals surface area contributed by atoms with Crippen LogP contribution >= 0.6 is 0 Å². The number of hydrogen-bond donors (Lipinski definition) is 0. The zero-order valence-electron chi connectivity index (χ0n) is 8.75. The first-order valence-corrected chi connectivity index (χ1v) is 4.66. The van der Waals surface area contributed by atoms with Crippen LogP contribution in [0.2, 0.25) is 0 Å². The minimum atomic E-state index is -0.455. The highest BCUT2D eigenvalue weighted by molar-refractivity contribution is 5.96. The maximum Gasteiger partial charge on any atom is 0.189 e. The SMILES string of the molecule is CCOCOc1ccc(F)cc1C(C)=O. The lowest BCUT2D eigenvalue weighted by molar-refractivity contribution is 0.0219. The number of ketones is 1. The van der Waals surface area contributed by atoms with Crippen LogP contribution in [0.25, 0.3) is 0 Å². The van der Waals surface area contributed by atoms with E-state index in [2.05, 4.69) is 0 Å². The van der Waals surface area contributed by atoms with Crippen molar-refractivity contribution in [1.82, 2.24) is 0 Å². The zero-order valence-corrected chi connectivity index (χ0v) is 8.75. The molecule has 0 saturated carbocycles.